The molecule has 1 aliphatic carbocycles. The molecule has 2 aromatic rings. The molecule has 134 valence electrons. The first-order chi connectivity index (χ1) is 11.7. The molecule has 3 N–H and O–H groups in total. The Hall–Kier alpha value is -2.03. The van der Waals surface area contributed by atoms with Gasteiger partial charge in [-0.3, -0.25) is 4.79 Å². The molecule has 4 rings (SSSR count). The van der Waals surface area contributed by atoms with Crippen LogP contribution in [-0.4, -0.2) is 44.9 Å². The molecule has 0 radical (unpaired) electrons. The van der Waals surface area contributed by atoms with Gasteiger partial charge in [0.1, 0.15) is 5.54 Å². The predicted octanol–water partition coefficient (Wildman–Crippen LogP) is 1.54. The number of carbonyl (C=O) groups is 1. The van der Waals surface area contributed by atoms with Gasteiger partial charge in [0, 0.05) is 24.5 Å². The summed E-state index contributed by atoms with van der Waals surface area (Å²) < 4.78 is 7.14. The highest BCUT2D eigenvalue weighted by atomic mass is 35.5. The topological polar surface area (TPSA) is 108 Å². The number of amides is 1. The van der Waals surface area contributed by atoms with E-state index >= 15 is 0 Å². The Morgan fingerprint density at radius 1 is 1.32 bits per heavy atom. The van der Waals surface area contributed by atoms with E-state index in [-0.39, 0.29) is 18.3 Å². The first kappa shape index (κ1) is 17.8. The molecular weight excluding hydrogens is 344 g/mol. The first-order valence-corrected chi connectivity index (χ1v) is 8.22. The van der Waals surface area contributed by atoms with E-state index in [1.165, 1.54) is 0 Å². The van der Waals surface area contributed by atoms with Gasteiger partial charge in [-0.15, -0.1) is 17.5 Å². The molecule has 0 unspecified atom stereocenters. The fourth-order valence-electron chi connectivity index (χ4n) is 2.90. The van der Waals surface area contributed by atoms with Gasteiger partial charge in [0.2, 0.25) is 5.91 Å². The third-order valence-electron chi connectivity index (χ3n) is 4.60. The highest BCUT2D eigenvalue weighted by Crippen LogP contribution is 2.36. The van der Waals surface area contributed by atoms with E-state index < -0.39 is 5.54 Å². The number of hydrogen-bond acceptors (Lipinski definition) is 6. The van der Waals surface area contributed by atoms with Crippen molar-refractivity contribution in [3.05, 3.63) is 24.3 Å². The van der Waals surface area contributed by atoms with Crippen LogP contribution in [0, 0.1) is 0 Å². The van der Waals surface area contributed by atoms with Crippen LogP contribution >= 0.6 is 12.4 Å². The van der Waals surface area contributed by atoms with Gasteiger partial charge >= 0.3 is 0 Å². The van der Waals surface area contributed by atoms with E-state index in [1.54, 1.807) is 0 Å². The number of halogens is 1. The lowest BCUT2D eigenvalue weighted by Gasteiger charge is -2.31. The molecule has 0 bridgehead atoms. The monoisotopic (exact) mass is 364 g/mol. The number of aromatic nitrogens is 4. The summed E-state index contributed by atoms with van der Waals surface area (Å²) in [4.78, 5) is 12.5. The minimum Gasteiger partial charge on any atom is -0.381 e. The zero-order valence-corrected chi connectivity index (χ0v) is 14.5. The maximum atomic E-state index is 12.5. The number of nitrogens with one attached hydrogen (secondary N) is 1. The quantitative estimate of drug-likeness (QED) is 0.852. The summed E-state index contributed by atoms with van der Waals surface area (Å²) in [6.07, 6.45) is 3.26. The molecule has 0 atom stereocenters. The van der Waals surface area contributed by atoms with Gasteiger partial charge in [0.15, 0.2) is 5.82 Å². The molecule has 9 heteroatoms. The van der Waals surface area contributed by atoms with Crippen molar-refractivity contribution >= 4 is 24.0 Å². The minimum atomic E-state index is -0.871. The van der Waals surface area contributed by atoms with Gasteiger partial charge in [-0.25, -0.2) is 4.68 Å². The number of nitrogens with two attached hydrogens (primary N) is 1. The number of ether oxygens (including phenoxy) is 1. The van der Waals surface area contributed by atoms with Gasteiger partial charge in [-0.05, 0) is 48.2 Å². The molecular formula is C16H21ClN6O2. The molecule has 25 heavy (non-hydrogen) atoms. The smallest absolute Gasteiger partial charge is 0.244 e. The molecule has 1 amide bonds. The third kappa shape index (κ3) is 3.65. The van der Waals surface area contributed by atoms with Crippen LogP contribution in [0.4, 0.5) is 5.69 Å². The van der Waals surface area contributed by atoms with E-state index in [1.807, 2.05) is 28.9 Å². The zero-order chi connectivity index (χ0) is 16.6. The Morgan fingerprint density at radius 3 is 2.80 bits per heavy atom. The lowest BCUT2D eigenvalue weighted by molar-refractivity contribution is -0.124. The summed E-state index contributed by atoms with van der Waals surface area (Å²) in [6, 6.07) is 7.93. The minimum absolute atomic E-state index is 0. The van der Waals surface area contributed by atoms with Gasteiger partial charge < -0.3 is 15.8 Å². The predicted molar refractivity (Wildman–Crippen MR) is 94.4 cm³/mol. The summed E-state index contributed by atoms with van der Waals surface area (Å²) in [5.41, 5.74) is 6.93. The fourth-order valence-corrected chi connectivity index (χ4v) is 2.90. The van der Waals surface area contributed by atoms with Crippen molar-refractivity contribution in [2.75, 3.05) is 18.5 Å². The number of hydrogen-bond donors (Lipinski definition) is 2. The second kappa shape index (κ2) is 7.07. The number of carbonyl (C=O) groups excluding carboxylic acids is 1. The van der Waals surface area contributed by atoms with Gasteiger partial charge in [0.25, 0.3) is 0 Å². The average molecular weight is 365 g/mol. The maximum Gasteiger partial charge on any atom is 0.244 e. The lowest BCUT2D eigenvalue weighted by Crippen LogP contribution is -2.54. The van der Waals surface area contributed by atoms with Gasteiger partial charge in [-0.1, -0.05) is 12.1 Å². The van der Waals surface area contributed by atoms with Gasteiger partial charge in [0.05, 0.1) is 6.04 Å². The van der Waals surface area contributed by atoms with Crippen molar-refractivity contribution in [1.82, 2.24) is 20.2 Å². The molecule has 2 fully saturated rings. The van der Waals surface area contributed by atoms with Crippen molar-refractivity contribution in [1.29, 1.82) is 0 Å². The number of tetrazole rings is 1. The molecule has 1 saturated carbocycles. The Kier molecular flexibility index (Phi) is 5.03. The Balaban J connectivity index is 0.00000182. The van der Waals surface area contributed by atoms with E-state index in [4.69, 9.17) is 10.5 Å². The molecule has 2 heterocycles. The zero-order valence-electron chi connectivity index (χ0n) is 13.7. The summed E-state index contributed by atoms with van der Waals surface area (Å²) in [6.45, 7) is 1.03. The number of nitrogens with zero attached hydrogens (tertiary/aromatic N) is 4. The molecule has 1 aliphatic heterocycles. The normalized spacial score (nSPS) is 19.1. The van der Waals surface area contributed by atoms with E-state index in [0.717, 1.165) is 24.2 Å². The summed E-state index contributed by atoms with van der Waals surface area (Å²) in [5.74, 6) is 0.548. The van der Waals surface area contributed by atoms with Crippen LogP contribution in [0.3, 0.4) is 0 Å². The van der Waals surface area contributed by atoms with Crippen LogP contribution in [-0.2, 0) is 9.53 Å². The SMILES string of the molecule is Cl.NC1(C(=O)Nc2cccc(-c3nnnn3C3CC3)c2)CCOCC1. The third-order valence-corrected chi connectivity index (χ3v) is 4.60. The highest BCUT2D eigenvalue weighted by molar-refractivity contribution is 5.98. The summed E-state index contributed by atoms with van der Waals surface area (Å²) >= 11 is 0. The molecule has 2 aliphatic rings. The van der Waals surface area contributed by atoms with Crippen molar-refractivity contribution in [3.8, 4) is 11.4 Å². The second-order valence-corrected chi connectivity index (χ2v) is 6.48. The standard InChI is InChI=1S/C16H20N6O2.ClH/c17-16(6-8-24-9-7-16)15(23)18-12-3-1-2-11(10-12)14-19-20-21-22(14)13-4-5-13;/h1-3,10,13H,4-9,17H2,(H,18,23);1H. The summed E-state index contributed by atoms with van der Waals surface area (Å²) in [5, 5.41) is 14.9. The van der Waals surface area contributed by atoms with E-state index in [9.17, 15) is 4.79 Å². The van der Waals surface area contributed by atoms with Crippen LogP contribution in [0.25, 0.3) is 11.4 Å². The first-order valence-electron chi connectivity index (χ1n) is 8.22. The maximum absolute atomic E-state index is 12.5. The number of anilines is 1. The van der Waals surface area contributed by atoms with Crippen molar-refractivity contribution in [2.24, 2.45) is 5.73 Å². The molecule has 8 nitrogen and oxygen atoms in total. The number of rotatable bonds is 4. The van der Waals surface area contributed by atoms with Crippen molar-refractivity contribution in [2.45, 2.75) is 37.3 Å². The van der Waals surface area contributed by atoms with Crippen molar-refractivity contribution in [3.63, 3.8) is 0 Å². The van der Waals surface area contributed by atoms with Crippen LogP contribution in [0.2, 0.25) is 0 Å². The molecule has 1 aromatic carbocycles. The average Bonchev–Trinajstić information content (AvgIpc) is 3.32. The van der Waals surface area contributed by atoms with E-state index in [2.05, 4.69) is 20.8 Å². The van der Waals surface area contributed by atoms with Crippen LogP contribution in [0.15, 0.2) is 24.3 Å². The Labute approximate surface area is 151 Å². The van der Waals surface area contributed by atoms with Crippen LogP contribution in [0.1, 0.15) is 31.7 Å². The molecule has 1 saturated heterocycles. The Bertz CT molecular complexity index is 755. The number of benzene rings is 1. The Morgan fingerprint density at radius 2 is 2.08 bits per heavy atom. The van der Waals surface area contributed by atoms with Gasteiger partial charge in [-0.2, -0.15) is 0 Å². The van der Waals surface area contributed by atoms with Crippen LogP contribution in [0.5, 0.6) is 0 Å². The summed E-state index contributed by atoms with van der Waals surface area (Å²) in [7, 11) is 0. The molecule has 0 spiro atoms. The highest BCUT2D eigenvalue weighted by Gasteiger charge is 2.36. The lowest BCUT2D eigenvalue weighted by atomic mass is 9.90. The van der Waals surface area contributed by atoms with Crippen molar-refractivity contribution < 1.29 is 9.53 Å². The fraction of sp³-hybridized carbons (Fsp3) is 0.500. The van der Waals surface area contributed by atoms with Crippen LogP contribution < -0.4 is 11.1 Å². The second-order valence-electron chi connectivity index (χ2n) is 6.48. The largest absolute Gasteiger partial charge is 0.381 e. The molecule has 1 aromatic heterocycles. The van der Waals surface area contributed by atoms with E-state index in [0.29, 0.717) is 37.8 Å².